The maximum absolute atomic E-state index is 6.17. The van der Waals surface area contributed by atoms with Gasteiger partial charge in [0.2, 0.25) is 0 Å². The first-order valence-electron chi connectivity index (χ1n) is 6.71. The molecular weight excluding hydrogens is 224 g/mol. The molecule has 0 aliphatic rings. The fraction of sp³-hybridized carbons (Fsp3) is 0.600. The molecule has 0 saturated carbocycles. The molecule has 0 radical (unpaired) electrons. The Bertz CT molecular complexity index is 377. The molecule has 1 atom stereocenters. The maximum Gasteiger partial charge on any atom is 0.144 e. The number of rotatable bonds is 6. The predicted molar refractivity (Wildman–Crippen MR) is 79.3 cm³/mol. The van der Waals surface area contributed by atoms with E-state index >= 15 is 0 Å². The van der Waals surface area contributed by atoms with Gasteiger partial charge in [0.05, 0.1) is 18.0 Å². The molecule has 0 amide bonds. The highest BCUT2D eigenvalue weighted by Crippen LogP contribution is 2.33. The fourth-order valence-corrected chi connectivity index (χ4v) is 2.20. The number of ether oxygens (including phenoxy) is 1. The third kappa shape index (κ3) is 3.56. The maximum atomic E-state index is 6.17. The Morgan fingerprint density at radius 2 is 1.94 bits per heavy atom. The van der Waals surface area contributed by atoms with E-state index in [1.54, 1.807) is 0 Å². The van der Waals surface area contributed by atoms with Crippen LogP contribution in [0.3, 0.4) is 0 Å². The molecule has 1 aromatic carbocycles. The van der Waals surface area contributed by atoms with Gasteiger partial charge in [0.15, 0.2) is 0 Å². The van der Waals surface area contributed by atoms with Crippen LogP contribution in [0.2, 0.25) is 0 Å². The number of nitrogen functional groups attached to an aromatic ring is 1. The van der Waals surface area contributed by atoms with Crippen molar-refractivity contribution in [1.29, 1.82) is 0 Å². The van der Waals surface area contributed by atoms with Crippen molar-refractivity contribution >= 4 is 11.4 Å². The molecule has 2 N–H and O–H groups in total. The third-order valence-electron chi connectivity index (χ3n) is 3.20. The van der Waals surface area contributed by atoms with Crippen molar-refractivity contribution in [1.82, 2.24) is 0 Å². The van der Waals surface area contributed by atoms with Crippen LogP contribution >= 0.6 is 0 Å². The number of benzene rings is 1. The molecule has 0 aliphatic heterocycles. The Kier molecular flexibility index (Phi) is 5.32. The van der Waals surface area contributed by atoms with E-state index in [0.29, 0.717) is 18.6 Å². The lowest BCUT2D eigenvalue weighted by atomic mass is 10.0. The second-order valence-corrected chi connectivity index (χ2v) is 5.21. The molecule has 0 heterocycles. The van der Waals surface area contributed by atoms with Gasteiger partial charge in [-0.25, -0.2) is 0 Å². The van der Waals surface area contributed by atoms with E-state index in [2.05, 4.69) is 38.8 Å². The first kappa shape index (κ1) is 14.7. The number of nitrogens with two attached hydrogens (primary N) is 1. The molecule has 0 fully saturated rings. The Labute approximate surface area is 111 Å². The zero-order valence-corrected chi connectivity index (χ0v) is 12.2. The zero-order valence-electron chi connectivity index (χ0n) is 12.2. The highest BCUT2D eigenvalue weighted by Gasteiger charge is 2.15. The van der Waals surface area contributed by atoms with Crippen molar-refractivity contribution < 1.29 is 4.74 Å². The minimum absolute atomic E-state index is 0.462. The van der Waals surface area contributed by atoms with Gasteiger partial charge in [0.1, 0.15) is 5.75 Å². The van der Waals surface area contributed by atoms with Crippen LogP contribution in [0.4, 0.5) is 11.4 Å². The van der Waals surface area contributed by atoms with Crippen molar-refractivity contribution in [3.8, 4) is 5.75 Å². The highest BCUT2D eigenvalue weighted by atomic mass is 16.5. The van der Waals surface area contributed by atoms with Gasteiger partial charge in [-0.2, -0.15) is 0 Å². The Morgan fingerprint density at radius 3 is 2.50 bits per heavy atom. The van der Waals surface area contributed by atoms with Crippen LogP contribution in [0, 0.1) is 5.92 Å². The van der Waals surface area contributed by atoms with Crippen LogP contribution in [0.25, 0.3) is 0 Å². The Balaban J connectivity index is 2.91. The van der Waals surface area contributed by atoms with Gasteiger partial charge in [-0.15, -0.1) is 0 Å². The normalized spacial score (nSPS) is 12.6. The van der Waals surface area contributed by atoms with Gasteiger partial charge in [-0.1, -0.05) is 19.9 Å². The largest absolute Gasteiger partial charge is 0.492 e. The Hall–Kier alpha value is -1.38. The lowest BCUT2D eigenvalue weighted by Crippen LogP contribution is -2.30. The lowest BCUT2D eigenvalue weighted by Gasteiger charge is -2.29. The second kappa shape index (κ2) is 6.53. The molecule has 0 bridgehead atoms. The van der Waals surface area contributed by atoms with Crippen molar-refractivity contribution in [3.63, 3.8) is 0 Å². The van der Waals surface area contributed by atoms with Crippen LogP contribution < -0.4 is 15.4 Å². The van der Waals surface area contributed by atoms with E-state index in [4.69, 9.17) is 10.5 Å². The molecular formula is C15H26N2O. The SMILES string of the molecule is CCOc1cccc(N(C)C(C)CC(C)C)c1N. The van der Waals surface area contributed by atoms with E-state index in [1.165, 1.54) is 0 Å². The standard InChI is InChI=1S/C15H26N2O/c1-6-18-14-9-7-8-13(15(14)16)17(5)12(4)10-11(2)3/h7-9,11-12H,6,10,16H2,1-5H3. The van der Waals surface area contributed by atoms with Crippen LogP contribution in [0.15, 0.2) is 18.2 Å². The van der Waals surface area contributed by atoms with Gasteiger partial charge in [-0.3, -0.25) is 0 Å². The molecule has 1 rings (SSSR count). The van der Waals surface area contributed by atoms with Gasteiger partial charge in [0.25, 0.3) is 0 Å². The summed E-state index contributed by atoms with van der Waals surface area (Å²) in [6.45, 7) is 9.32. The molecule has 102 valence electrons. The molecule has 3 nitrogen and oxygen atoms in total. The molecule has 0 aromatic heterocycles. The van der Waals surface area contributed by atoms with E-state index in [-0.39, 0.29) is 0 Å². The quantitative estimate of drug-likeness (QED) is 0.785. The molecule has 0 spiro atoms. The van der Waals surface area contributed by atoms with Crippen LogP contribution in [-0.4, -0.2) is 19.7 Å². The van der Waals surface area contributed by atoms with Crippen molar-refractivity contribution in [3.05, 3.63) is 18.2 Å². The summed E-state index contributed by atoms with van der Waals surface area (Å²) in [7, 11) is 2.09. The summed E-state index contributed by atoms with van der Waals surface area (Å²) in [5.74, 6) is 1.46. The summed E-state index contributed by atoms with van der Waals surface area (Å²) in [5.41, 5.74) is 7.96. The summed E-state index contributed by atoms with van der Waals surface area (Å²) >= 11 is 0. The van der Waals surface area contributed by atoms with Gasteiger partial charge in [0, 0.05) is 13.1 Å². The average Bonchev–Trinajstić information content (AvgIpc) is 2.30. The first-order valence-corrected chi connectivity index (χ1v) is 6.71. The summed E-state index contributed by atoms with van der Waals surface area (Å²) in [6, 6.07) is 6.43. The number of hydrogen-bond donors (Lipinski definition) is 1. The molecule has 1 aromatic rings. The summed E-state index contributed by atoms with van der Waals surface area (Å²) in [6.07, 6.45) is 1.15. The molecule has 0 aliphatic carbocycles. The third-order valence-corrected chi connectivity index (χ3v) is 3.20. The molecule has 0 saturated heterocycles. The molecule has 3 heteroatoms. The summed E-state index contributed by atoms with van der Waals surface area (Å²) in [5, 5.41) is 0. The topological polar surface area (TPSA) is 38.5 Å². The van der Waals surface area contributed by atoms with Crippen LogP contribution in [0.5, 0.6) is 5.75 Å². The number of nitrogens with zero attached hydrogens (tertiary/aromatic N) is 1. The smallest absolute Gasteiger partial charge is 0.144 e. The minimum atomic E-state index is 0.462. The van der Waals surface area contributed by atoms with Crippen LogP contribution in [-0.2, 0) is 0 Å². The number of anilines is 2. The van der Waals surface area contributed by atoms with Gasteiger partial charge < -0.3 is 15.4 Å². The zero-order chi connectivity index (χ0) is 13.7. The average molecular weight is 250 g/mol. The van der Waals surface area contributed by atoms with Crippen molar-refractivity contribution in [2.45, 2.75) is 40.2 Å². The van der Waals surface area contributed by atoms with E-state index in [0.717, 1.165) is 23.5 Å². The Morgan fingerprint density at radius 1 is 1.28 bits per heavy atom. The first-order chi connectivity index (χ1) is 8.47. The summed E-state index contributed by atoms with van der Waals surface area (Å²) < 4.78 is 5.54. The predicted octanol–water partition coefficient (Wildman–Crippen LogP) is 3.54. The monoisotopic (exact) mass is 250 g/mol. The number of para-hydroxylation sites is 1. The fourth-order valence-electron chi connectivity index (χ4n) is 2.20. The molecule has 18 heavy (non-hydrogen) atoms. The lowest BCUT2D eigenvalue weighted by molar-refractivity contribution is 0.342. The van der Waals surface area contributed by atoms with E-state index in [1.807, 2.05) is 19.1 Å². The van der Waals surface area contributed by atoms with Crippen LogP contribution in [0.1, 0.15) is 34.1 Å². The summed E-state index contributed by atoms with van der Waals surface area (Å²) in [4.78, 5) is 2.23. The van der Waals surface area contributed by atoms with Gasteiger partial charge >= 0.3 is 0 Å². The minimum Gasteiger partial charge on any atom is -0.492 e. The molecule has 1 unspecified atom stereocenters. The highest BCUT2D eigenvalue weighted by molar-refractivity contribution is 5.74. The van der Waals surface area contributed by atoms with Crippen molar-refractivity contribution in [2.75, 3.05) is 24.3 Å². The van der Waals surface area contributed by atoms with Gasteiger partial charge in [-0.05, 0) is 38.3 Å². The second-order valence-electron chi connectivity index (χ2n) is 5.21. The van der Waals surface area contributed by atoms with E-state index < -0.39 is 0 Å². The van der Waals surface area contributed by atoms with Crippen molar-refractivity contribution in [2.24, 2.45) is 5.92 Å². The number of hydrogen-bond acceptors (Lipinski definition) is 3. The van der Waals surface area contributed by atoms with E-state index in [9.17, 15) is 0 Å².